The van der Waals surface area contributed by atoms with Crippen molar-refractivity contribution in [1.82, 2.24) is 19.6 Å². The number of imidazole rings is 1. The van der Waals surface area contributed by atoms with Gasteiger partial charge < -0.3 is 15.5 Å². The van der Waals surface area contributed by atoms with Crippen molar-refractivity contribution in [3.05, 3.63) is 59.9 Å². The Balaban J connectivity index is 1.76. The van der Waals surface area contributed by atoms with Crippen LogP contribution in [0.15, 0.2) is 48.7 Å². The molecule has 24 heavy (non-hydrogen) atoms. The van der Waals surface area contributed by atoms with E-state index in [-0.39, 0.29) is 0 Å². The first kappa shape index (κ1) is 15.3. The highest BCUT2D eigenvalue weighted by molar-refractivity contribution is 5.66. The number of nitrogens with two attached hydrogens (primary N) is 1. The molecule has 0 spiro atoms. The van der Waals surface area contributed by atoms with E-state index in [1.54, 1.807) is 0 Å². The Morgan fingerprint density at radius 2 is 1.83 bits per heavy atom. The summed E-state index contributed by atoms with van der Waals surface area (Å²) in [5.74, 6) is 0. The maximum absolute atomic E-state index is 5.72. The van der Waals surface area contributed by atoms with Gasteiger partial charge in [0.2, 0.25) is 0 Å². The zero-order valence-corrected chi connectivity index (χ0v) is 13.8. The van der Waals surface area contributed by atoms with Gasteiger partial charge in [0.1, 0.15) is 5.65 Å². The molecule has 3 N–H and O–H groups in total. The number of rotatable bonds is 4. The van der Waals surface area contributed by atoms with Crippen molar-refractivity contribution in [3.8, 4) is 11.3 Å². The molecule has 0 aliphatic carbocycles. The van der Waals surface area contributed by atoms with E-state index in [0.29, 0.717) is 6.54 Å². The highest BCUT2D eigenvalue weighted by atomic mass is 15.2. The Labute approximate surface area is 142 Å². The van der Waals surface area contributed by atoms with Crippen LogP contribution in [0.2, 0.25) is 0 Å². The van der Waals surface area contributed by atoms with Gasteiger partial charge in [-0.2, -0.15) is 0 Å². The standard InChI is InChI=1S/C19H23N5/c20-13-15-4-6-16(7-5-15)19-17(14-23-11-8-21-9-12-23)24-10-2-1-3-18(24)22-19/h1-7,10,21H,8-9,11-14,20H2. The SMILES string of the molecule is NCc1ccc(-c2nc3ccccn3c2CN2CCNCC2)cc1. The molecule has 0 unspecified atom stereocenters. The van der Waals surface area contributed by atoms with E-state index in [4.69, 9.17) is 10.7 Å². The molecule has 124 valence electrons. The van der Waals surface area contributed by atoms with Gasteiger partial charge in [0, 0.05) is 51.0 Å². The molecule has 0 bridgehead atoms. The number of pyridine rings is 1. The Morgan fingerprint density at radius 1 is 1.04 bits per heavy atom. The summed E-state index contributed by atoms with van der Waals surface area (Å²) in [5.41, 5.74) is 11.3. The van der Waals surface area contributed by atoms with Gasteiger partial charge in [-0.3, -0.25) is 4.90 Å². The maximum atomic E-state index is 5.72. The molecule has 0 saturated carbocycles. The van der Waals surface area contributed by atoms with Gasteiger partial charge >= 0.3 is 0 Å². The molecule has 0 radical (unpaired) electrons. The van der Waals surface area contributed by atoms with Crippen LogP contribution >= 0.6 is 0 Å². The van der Waals surface area contributed by atoms with Crippen LogP contribution < -0.4 is 11.1 Å². The van der Waals surface area contributed by atoms with Gasteiger partial charge in [-0.05, 0) is 17.7 Å². The summed E-state index contributed by atoms with van der Waals surface area (Å²) in [5, 5.41) is 3.41. The van der Waals surface area contributed by atoms with Crippen LogP contribution in [-0.4, -0.2) is 40.5 Å². The fraction of sp³-hybridized carbons (Fsp3) is 0.316. The van der Waals surface area contributed by atoms with Crippen molar-refractivity contribution >= 4 is 5.65 Å². The van der Waals surface area contributed by atoms with Crippen LogP contribution in [-0.2, 0) is 13.1 Å². The molecule has 1 aliphatic rings. The van der Waals surface area contributed by atoms with Crippen molar-refractivity contribution in [3.63, 3.8) is 0 Å². The Morgan fingerprint density at radius 3 is 2.58 bits per heavy atom. The van der Waals surface area contributed by atoms with Crippen LogP contribution in [0, 0.1) is 0 Å². The van der Waals surface area contributed by atoms with Crippen LogP contribution in [0.4, 0.5) is 0 Å². The molecule has 1 saturated heterocycles. The third-order valence-electron chi connectivity index (χ3n) is 4.67. The summed E-state index contributed by atoms with van der Waals surface area (Å²) in [7, 11) is 0. The van der Waals surface area contributed by atoms with E-state index < -0.39 is 0 Å². The molecule has 4 rings (SSSR count). The molecule has 0 atom stereocenters. The summed E-state index contributed by atoms with van der Waals surface area (Å²) >= 11 is 0. The molecular weight excluding hydrogens is 298 g/mol. The molecule has 3 aromatic rings. The molecule has 1 aromatic carbocycles. The number of hydrogen-bond acceptors (Lipinski definition) is 4. The van der Waals surface area contributed by atoms with E-state index >= 15 is 0 Å². The first-order chi connectivity index (χ1) is 11.8. The number of benzene rings is 1. The molecule has 5 nitrogen and oxygen atoms in total. The Kier molecular flexibility index (Phi) is 4.30. The lowest BCUT2D eigenvalue weighted by atomic mass is 10.1. The first-order valence-corrected chi connectivity index (χ1v) is 8.53. The molecule has 3 heterocycles. The first-order valence-electron chi connectivity index (χ1n) is 8.53. The minimum absolute atomic E-state index is 0.569. The number of nitrogens with zero attached hydrogens (tertiary/aromatic N) is 3. The van der Waals surface area contributed by atoms with Crippen molar-refractivity contribution < 1.29 is 0 Å². The minimum atomic E-state index is 0.569. The summed E-state index contributed by atoms with van der Waals surface area (Å²) < 4.78 is 2.22. The van der Waals surface area contributed by atoms with Crippen LogP contribution in [0.3, 0.4) is 0 Å². The van der Waals surface area contributed by atoms with Crippen molar-refractivity contribution in [2.24, 2.45) is 5.73 Å². The predicted molar refractivity (Wildman–Crippen MR) is 96.7 cm³/mol. The number of nitrogens with one attached hydrogen (secondary N) is 1. The van der Waals surface area contributed by atoms with E-state index in [1.807, 2.05) is 6.07 Å². The van der Waals surface area contributed by atoms with E-state index in [0.717, 1.165) is 55.2 Å². The molecule has 5 heteroatoms. The van der Waals surface area contributed by atoms with E-state index in [1.165, 1.54) is 5.69 Å². The lowest BCUT2D eigenvalue weighted by Crippen LogP contribution is -2.43. The zero-order valence-electron chi connectivity index (χ0n) is 13.8. The maximum Gasteiger partial charge on any atom is 0.137 e. The number of fused-ring (bicyclic) bond motifs is 1. The molecule has 1 fully saturated rings. The second-order valence-corrected chi connectivity index (χ2v) is 6.26. The van der Waals surface area contributed by atoms with Gasteiger partial charge in [0.15, 0.2) is 0 Å². The van der Waals surface area contributed by atoms with Crippen LogP contribution in [0.1, 0.15) is 11.3 Å². The second kappa shape index (κ2) is 6.73. The average Bonchev–Trinajstić information content (AvgIpc) is 3.01. The number of hydrogen-bond donors (Lipinski definition) is 2. The third kappa shape index (κ3) is 2.94. The lowest BCUT2D eigenvalue weighted by Gasteiger charge is -2.27. The number of piperazine rings is 1. The van der Waals surface area contributed by atoms with E-state index in [2.05, 4.69) is 57.2 Å². The third-order valence-corrected chi connectivity index (χ3v) is 4.67. The van der Waals surface area contributed by atoms with Crippen molar-refractivity contribution in [2.75, 3.05) is 26.2 Å². The molecule has 1 aliphatic heterocycles. The summed E-state index contributed by atoms with van der Waals surface area (Å²) in [6.07, 6.45) is 2.11. The highest BCUT2D eigenvalue weighted by Crippen LogP contribution is 2.26. The summed E-state index contributed by atoms with van der Waals surface area (Å²) in [6.45, 7) is 5.74. The van der Waals surface area contributed by atoms with Gasteiger partial charge in [-0.1, -0.05) is 30.3 Å². The number of aromatic nitrogens is 2. The molecule has 0 amide bonds. The van der Waals surface area contributed by atoms with Gasteiger partial charge in [0.05, 0.1) is 11.4 Å². The summed E-state index contributed by atoms with van der Waals surface area (Å²) in [4.78, 5) is 7.38. The highest BCUT2D eigenvalue weighted by Gasteiger charge is 2.18. The van der Waals surface area contributed by atoms with Crippen LogP contribution in [0.5, 0.6) is 0 Å². The van der Waals surface area contributed by atoms with E-state index in [9.17, 15) is 0 Å². The minimum Gasteiger partial charge on any atom is -0.326 e. The van der Waals surface area contributed by atoms with Gasteiger partial charge in [-0.25, -0.2) is 4.98 Å². The smallest absolute Gasteiger partial charge is 0.137 e. The predicted octanol–water partition coefficient (Wildman–Crippen LogP) is 1.87. The van der Waals surface area contributed by atoms with Gasteiger partial charge in [-0.15, -0.1) is 0 Å². The normalized spacial score (nSPS) is 15.9. The lowest BCUT2D eigenvalue weighted by molar-refractivity contribution is 0.230. The van der Waals surface area contributed by atoms with Crippen LogP contribution in [0.25, 0.3) is 16.9 Å². The van der Waals surface area contributed by atoms with Crippen molar-refractivity contribution in [1.29, 1.82) is 0 Å². The molecular formula is C19H23N5. The molecule has 2 aromatic heterocycles. The van der Waals surface area contributed by atoms with Gasteiger partial charge in [0.25, 0.3) is 0 Å². The fourth-order valence-electron chi connectivity index (χ4n) is 3.31. The van der Waals surface area contributed by atoms with Crippen molar-refractivity contribution in [2.45, 2.75) is 13.1 Å². The topological polar surface area (TPSA) is 58.6 Å². The fourth-order valence-corrected chi connectivity index (χ4v) is 3.31. The quantitative estimate of drug-likeness (QED) is 0.770. The monoisotopic (exact) mass is 321 g/mol. The Hall–Kier alpha value is -2.21. The largest absolute Gasteiger partial charge is 0.326 e. The second-order valence-electron chi connectivity index (χ2n) is 6.26. The summed E-state index contributed by atoms with van der Waals surface area (Å²) in [6, 6.07) is 14.6. The zero-order chi connectivity index (χ0) is 16.4. The Bertz CT molecular complexity index is 815. The average molecular weight is 321 g/mol.